The third-order valence-electron chi connectivity index (χ3n) is 14.0. The summed E-state index contributed by atoms with van der Waals surface area (Å²) in [4.78, 5) is 87.2. The molecular weight excluding hydrogens is 1340 g/mol. The van der Waals surface area contributed by atoms with Crippen LogP contribution < -0.4 is 20.9 Å². The van der Waals surface area contributed by atoms with Crippen LogP contribution in [-0.4, -0.2) is 174 Å². The van der Waals surface area contributed by atoms with Crippen molar-refractivity contribution in [1.82, 2.24) is 18.9 Å². The topological polar surface area (TPSA) is 426 Å². The largest absolute Gasteiger partial charge is 0.573 e. The van der Waals surface area contributed by atoms with Gasteiger partial charge >= 0.3 is 48.5 Å². The summed E-state index contributed by atoms with van der Waals surface area (Å²) in [6, 6.07) is 12.9. The van der Waals surface area contributed by atoms with Gasteiger partial charge < -0.3 is 90.9 Å². The minimum Gasteiger partial charge on any atom is -0.478 e. The van der Waals surface area contributed by atoms with Crippen LogP contribution in [0, 0.1) is 23.3 Å². The number of fused-ring (bicyclic) bond motifs is 2. The lowest BCUT2D eigenvalue weighted by Gasteiger charge is -2.32. The molecule has 0 bridgehead atoms. The number of carbonyl (C=O) groups excluding carboxylic acids is 2. The van der Waals surface area contributed by atoms with E-state index in [0.29, 0.717) is 73.3 Å². The van der Waals surface area contributed by atoms with Crippen LogP contribution in [0.1, 0.15) is 80.5 Å². The zero-order valence-corrected chi connectivity index (χ0v) is 51.8. The van der Waals surface area contributed by atoms with Gasteiger partial charge in [-0.05, 0) is 96.2 Å². The SMILES string of the molecule is COCCn1cc(C(=O)N2CCC(c3cc(CN)ccc3F)CC2)c2c(OC(F)(F)F)ccc(F)c21.COCCn1cc(C(=O)N2CCC(c3cc(CN)ccc3F)CC2)c2c(OC(F)(F)F)ccc(F)c21.O.O.O=C(O)/C=C/C(=O)O.O=C(O)/C=C/C(=O)O.O=C(O)/C=C/C(=O)O. The number of hydrogen-bond donors (Lipinski definition) is 8. The van der Waals surface area contributed by atoms with Gasteiger partial charge in [-0.3, -0.25) is 9.59 Å². The summed E-state index contributed by atoms with van der Waals surface area (Å²) in [5, 5.41) is 46.4. The van der Waals surface area contributed by atoms with Gasteiger partial charge in [0.15, 0.2) is 0 Å². The summed E-state index contributed by atoms with van der Waals surface area (Å²) >= 11 is 0. The minimum atomic E-state index is -5.03. The lowest BCUT2D eigenvalue weighted by molar-refractivity contribution is -0.275. The molecule has 2 aliphatic rings. The van der Waals surface area contributed by atoms with E-state index in [1.807, 2.05) is 0 Å². The molecule has 0 atom stereocenters. The van der Waals surface area contributed by atoms with Crippen LogP contribution >= 0.6 is 0 Å². The number of methoxy groups -OCH3 is 2. The van der Waals surface area contributed by atoms with E-state index in [-0.39, 0.29) is 133 Å². The van der Waals surface area contributed by atoms with E-state index in [4.69, 9.17) is 51.6 Å². The number of ether oxygens (including phenoxy) is 4. The predicted molar refractivity (Wildman–Crippen MR) is 326 cm³/mol. The minimum absolute atomic E-state index is 0. The van der Waals surface area contributed by atoms with E-state index in [1.165, 1.54) is 57.7 Å². The molecule has 2 aromatic heterocycles. The van der Waals surface area contributed by atoms with Crippen molar-refractivity contribution in [3.8, 4) is 11.5 Å². The van der Waals surface area contributed by atoms with E-state index < -0.39 is 83.5 Å². The maximum Gasteiger partial charge on any atom is 0.573 e. The van der Waals surface area contributed by atoms with Gasteiger partial charge in [-0.25, -0.2) is 46.3 Å². The summed E-state index contributed by atoms with van der Waals surface area (Å²) < 4.78 is 158. The van der Waals surface area contributed by atoms with Crippen molar-refractivity contribution in [1.29, 1.82) is 0 Å². The Balaban J connectivity index is 0.000000492. The molecule has 4 aromatic carbocycles. The molecule has 536 valence electrons. The van der Waals surface area contributed by atoms with Gasteiger partial charge in [-0.1, -0.05) is 24.3 Å². The molecule has 6 aromatic rings. The van der Waals surface area contributed by atoms with Crippen LogP contribution in [0.4, 0.5) is 43.9 Å². The van der Waals surface area contributed by atoms with Gasteiger partial charge in [0.25, 0.3) is 11.8 Å². The summed E-state index contributed by atoms with van der Waals surface area (Å²) in [6.45, 7) is 2.11. The van der Waals surface area contributed by atoms with Crippen LogP contribution in [0.3, 0.4) is 0 Å². The lowest BCUT2D eigenvalue weighted by atomic mass is 9.88. The predicted octanol–water partition coefficient (Wildman–Crippen LogP) is 7.37. The number of amides is 2. The average molecular weight is 1410 g/mol. The molecule has 8 rings (SSSR count). The first-order valence-corrected chi connectivity index (χ1v) is 28.2. The Bertz CT molecular complexity index is 3510. The Morgan fingerprint density at radius 2 is 0.745 bits per heavy atom. The number of alkyl halides is 6. The molecule has 2 saturated heterocycles. The molecule has 2 aliphatic heterocycles. The second-order valence-electron chi connectivity index (χ2n) is 20.4. The Labute approximate surface area is 548 Å². The van der Waals surface area contributed by atoms with Crippen molar-refractivity contribution in [2.45, 2.75) is 76.4 Å². The monoisotopic (exact) mass is 1410 g/mol. The number of aliphatic carboxylic acids is 6. The summed E-state index contributed by atoms with van der Waals surface area (Å²) in [5.74, 6) is -12.5. The maximum atomic E-state index is 14.8. The highest BCUT2D eigenvalue weighted by atomic mass is 19.4. The zero-order chi connectivity index (χ0) is 71.8. The fourth-order valence-electron chi connectivity index (χ4n) is 9.84. The maximum absolute atomic E-state index is 14.8. The lowest BCUT2D eigenvalue weighted by Crippen LogP contribution is -2.38. The van der Waals surface area contributed by atoms with Crippen LogP contribution in [0.2, 0.25) is 0 Å². The summed E-state index contributed by atoms with van der Waals surface area (Å²) in [5.41, 5.74) is 13.5. The van der Waals surface area contributed by atoms with E-state index >= 15 is 0 Å². The van der Waals surface area contributed by atoms with E-state index in [9.17, 15) is 82.3 Å². The van der Waals surface area contributed by atoms with Crippen LogP contribution in [0.25, 0.3) is 21.8 Å². The smallest absolute Gasteiger partial charge is 0.478 e. The van der Waals surface area contributed by atoms with Gasteiger partial charge in [0.05, 0.1) is 46.1 Å². The molecule has 36 heteroatoms. The number of halogens is 10. The third kappa shape index (κ3) is 25.6. The molecule has 4 heterocycles. The number of piperidine rings is 2. The van der Waals surface area contributed by atoms with Crippen molar-refractivity contribution in [3.63, 3.8) is 0 Å². The number of carboxylic acid groups (broad SMARTS) is 6. The van der Waals surface area contributed by atoms with Crippen LogP contribution in [0.5, 0.6) is 11.5 Å². The number of likely N-dealkylation sites (tertiary alicyclic amines) is 2. The fraction of sp³-hybridized carbons (Fsp3) is 0.323. The fourth-order valence-corrected chi connectivity index (χ4v) is 9.84. The van der Waals surface area contributed by atoms with Crippen LogP contribution in [-0.2, 0) is 64.4 Å². The molecular formula is C62H68F10N6O20. The van der Waals surface area contributed by atoms with Crippen molar-refractivity contribution in [3.05, 3.63) is 166 Å². The Kier molecular flexibility index (Phi) is 33.3. The first-order chi connectivity index (χ1) is 45.1. The number of carboxylic acids is 6. The van der Waals surface area contributed by atoms with E-state index in [1.54, 1.807) is 24.3 Å². The zero-order valence-electron chi connectivity index (χ0n) is 51.8. The number of carbonyl (C=O) groups is 8. The van der Waals surface area contributed by atoms with Gasteiger partial charge in [0.1, 0.15) is 34.8 Å². The first kappa shape index (κ1) is 83.7. The molecule has 26 nitrogen and oxygen atoms in total. The van der Waals surface area contributed by atoms with Crippen molar-refractivity contribution < 1.29 is 143 Å². The van der Waals surface area contributed by atoms with Crippen molar-refractivity contribution in [2.75, 3.05) is 53.6 Å². The van der Waals surface area contributed by atoms with Crippen molar-refractivity contribution in [2.24, 2.45) is 11.5 Å². The van der Waals surface area contributed by atoms with E-state index in [0.717, 1.165) is 35.4 Å². The number of aromatic nitrogens is 2. The normalized spacial score (nSPS) is 13.4. The molecule has 98 heavy (non-hydrogen) atoms. The second-order valence-corrected chi connectivity index (χ2v) is 20.4. The average Bonchev–Trinajstić information content (AvgIpc) is 1.60. The standard InChI is InChI=1S/2C25H26F5N3O3.3C4H4O4.2H2O/c2*1-35-11-10-33-14-18(22-21(36-25(28,29)30)5-4-20(27)23(22)33)24(34)32-8-6-16(7-9-32)17-12-15(13-31)2-3-19(17)26;3*5-3(6)1-2-4(7)8;;/h2*2-5,12,14,16H,6-11,13,31H2,1H3;3*1-2H,(H,5,6)(H,7,8);2*1H2/b;;3*2-1+;;. The van der Waals surface area contributed by atoms with Gasteiger partial charge in [-0.2, -0.15) is 0 Å². The number of nitrogens with zero attached hydrogens (tertiary/aromatic N) is 4. The van der Waals surface area contributed by atoms with Gasteiger partial charge in [0.2, 0.25) is 0 Å². The Hall–Kier alpha value is -10.4. The molecule has 0 spiro atoms. The molecule has 0 unspecified atom stereocenters. The molecule has 2 amide bonds. The molecule has 0 radical (unpaired) electrons. The molecule has 14 N–H and O–H groups in total. The highest BCUT2D eigenvalue weighted by Gasteiger charge is 2.37. The Morgan fingerprint density at radius 3 is 0.990 bits per heavy atom. The van der Waals surface area contributed by atoms with Crippen molar-refractivity contribution >= 4 is 69.4 Å². The number of nitrogens with two attached hydrogens (primary N) is 2. The molecule has 2 fully saturated rings. The first-order valence-electron chi connectivity index (χ1n) is 28.2. The quantitative estimate of drug-likeness (QED) is 0.0273. The Morgan fingerprint density at radius 1 is 0.469 bits per heavy atom. The summed E-state index contributed by atoms with van der Waals surface area (Å²) in [6.07, 6.45) is -2.22. The van der Waals surface area contributed by atoms with Crippen LogP contribution in [0.15, 0.2) is 110 Å². The number of benzene rings is 4. The number of rotatable bonds is 20. The summed E-state index contributed by atoms with van der Waals surface area (Å²) in [7, 11) is 2.87. The second kappa shape index (κ2) is 39.0. The third-order valence-corrected chi connectivity index (χ3v) is 14.0. The van der Waals surface area contributed by atoms with Gasteiger partial charge in [0, 0.05) is 115 Å². The highest BCUT2D eigenvalue weighted by molar-refractivity contribution is 6.10. The molecule has 0 saturated carbocycles. The highest BCUT2D eigenvalue weighted by Crippen LogP contribution is 2.40. The van der Waals surface area contributed by atoms with E-state index in [2.05, 4.69) is 9.47 Å². The number of hydrogen-bond acceptors (Lipinski definition) is 14. The van der Waals surface area contributed by atoms with Gasteiger partial charge in [-0.15, -0.1) is 26.3 Å². The molecule has 0 aliphatic carbocycles.